The number of nitrogens with one attached hydrogen (secondary N) is 3. The molecular weight excluding hydrogens is 320 g/mol. The van der Waals surface area contributed by atoms with E-state index in [0.717, 1.165) is 0 Å². The highest BCUT2D eigenvalue weighted by atomic mass is 19.3. The molecule has 126 valence electrons. The maximum absolute atomic E-state index is 12.1. The lowest BCUT2D eigenvalue weighted by atomic mass is 10.2. The van der Waals surface area contributed by atoms with Crippen LogP contribution in [0.4, 0.5) is 25.0 Å². The minimum Gasteiger partial charge on any atom is -0.435 e. The Kier molecular flexibility index (Phi) is 5.67. The van der Waals surface area contributed by atoms with Crippen molar-refractivity contribution in [2.45, 2.75) is 6.61 Å². The van der Waals surface area contributed by atoms with E-state index in [1.54, 1.807) is 24.3 Å². The van der Waals surface area contributed by atoms with E-state index in [9.17, 15) is 18.4 Å². The fourth-order valence-electron chi connectivity index (χ4n) is 1.82. The van der Waals surface area contributed by atoms with Gasteiger partial charge in [-0.05, 0) is 48.5 Å². The Hall–Kier alpha value is -3.16. The van der Waals surface area contributed by atoms with Gasteiger partial charge in [0.2, 0.25) is 0 Å². The number of ether oxygens (including phenoxy) is 1. The molecule has 2 aromatic carbocycles. The Bertz CT molecular complexity index is 704. The van der Waals surface area contributed by atoms with Crippen molar-refractivity contribution in [1.29, 1.82) is 0 Å². The highest BCUT2D eigenvalue weighted by molar-refractivity contribution is 6.04. The average Bonchev–Trinajstić information content (AvgIpc) is 2.56. The fraction of sp³-hybridized carbons (Fsp3) is 0.125. The Morgan fingerprint density at radius 1 is 0.917 bits per heavy atom. The number of hydrogen-bond acceptors (Lipinski definition) is 3. The first-order valence-electron chi connectivity index (χ1n) is 6.93. The van der Waals surface area contributed by atoms with E-state index in [-0.39, 0.29) is 11.8 Å². The van der Waals surface area contributed by atoms with Crippen molar-refractivity contribution in [3.05, 3.63) is 54.1 Å². The van der Waals surface area contributed by atoms with E-state index >= 15 is 0 Å². The van der Waals surface area contributed by atoms with Crippen LogP contribution in [0.2, 0.25) is 0 Å². The maximum atomic E-state index is 12.1. The first-order chi connectivity index (χ1) is 11.5. The molecular formula is C16H15F2N3O3. The summed E-state index contributed by atoms with van der Waals surface area (Å²) in [7, 11) is 1.50. The van der Waals surface area contributed by atoms with E-state index in [1.165, 1.54) is 31.3 Å². The second kappa shape index (κ2) is 7.91. The lowest BCUT2D eigenvalue weighted by molar-refractivity contribution is -0.0498. The summed E-state index contributed by atoms with van der Waals surface area (Å²) in [6.45, 7) is -2.91. The van der Waals surface area contributed by atoms with Crippen LogP contribution in [0.5, 0.6) is 5.75 Å². The van der Waals surface area contributed by atoms with E-state index in [2.05, 4.69) is 20.7 Å². The van der Waals surface area contributed by atoms with Crippen LogP contribution in [0.15, 0.2) is 48.5 Å². The molecule has 0 atom stereocenters. The number of carbonyl (C=O) groups excluding carboxylic acids is 2. The highest BCUT2D eigenvalue weighted by Crippen LogP contribution is 2.17. The second-order valence-corrected chi connectivity index (χ2v) is 4.64. The molecule has 0 unspecified atom stereocenters. The molecule has 0 bridgehead atoms. The molecule has 0 aliphatic rings. The van der Waals surface area contributed by atoms with E-state index in [1.807, 2.05) is 0 Å². The molecule has 0 heterocycles. The predicted molar refractivity (Wildman–Crippen MR) is 85.5 cm³/mol. The van der Waals surface area contributed by atoms with E-state index in [4.69, 9.17) is 0 Å². The Morgan fingerprint density at radius 3 is 1.96 bits per heavy atom. The molecule has 8 heteroatoms. The number of hydrogen-bond donors (Lipinski definition) is 3. The van der Waals surface area contributed by atoms with Gasteiger partial charge >= 0.3 is 12.6 Å². The molecule has 3 amide bonds. The smallest absolute Gasteiger partial charge is 0.387 e. The normalized spacial score (nSPS) is 10.2. The van der Waals surface area contributed by atoms with Gasteiger partial charge in [-0.25, -0.2) is 4.79 Å². The van der Waals surface area contributed by atoms with Gasteiger partial charge < -0.3 is 20.7 Å². The summed E-state index contributed by atoms with van der Waals surface area (Å²) in [5.41, 5.74) is 1.39. The lowest BCUT2D eigenvalue weighted by Crippen LogP contribution is -2.24. The molecule has 0 aromatic heterocycles. The van der Waals surface area contributed by atoms with Gasteiger partial charge in [-0.3, -0.25) is 4.79 Å². The van der Waals surface area contributed by atoms with Gasteiger partial charge in [0.05, 0.1) is 0 Å². The zero-order chi connectivity index (χ0) is 17.5. The average molecular weight is 335 g/mol. The monoisotopic (exact) mass is 335 g/mol. The van der Waals surface area contributed by atoms with Gasteiger partial charge in [-0.1, -0.05) is 0 Å². The first-order valence-corrected chi connectivity index (χ1v) is 6.93. The predicted octanol–water partition coefficient (Wildman–Crippen LogP) is 3.29. The number of halogens is 2. The van der Waals surface area contributed by atoms with E-state index < -0.39 is 12.5 Å². The third-order valence-corrected chi connectivity index (χ3v) is 2.97. The third kappa shape index (κ3) is 4.94. The number of carbonyl (C=O) groups is 2. The van der Waals surface area contributed by atoms with Gasteiger partial charge in [0.1, 0.15) is 5.75 Å². The number of anilines is 2. The molecule has 2 aromatic rings. The number of alkyl halides is 2. The molecule has 24 heavy (non-hydrogen) atoms. The molecule has 0 aliphatic heterocycles. The Morgan fingerprint density at radius 2 is 1.46 bits per heavy atom. The minimum absolute atomic E-state index is 0.0221. The summed E-state index contributed by atoms with van der Waals surface area (Å²) in [6.07, 6.45) is 0. The summed E-state index contributed by atoms with van der Waals surface area (Å²) in [6, 6.07) is 11.5. The quantitative estimate of drug-likeness (QED) is 0.784. The van der Waals surface area contributed by atoms with Crippen molar-refractivity contribution in [2.24, 2.45) is 0 Å². The van der Waals surface area contributed by atoms with Crippen molar-refractivity contribution in [3.63, 3.8) is 0 Å². The van der Waals surface area contributed by atoms with Crippen molar-refractivity contribution in [1.82, 2.24) is 5.32 Å². The minimum atomic E-state index is -2.91. The van der Waals surface area contributed by atoms with Crippen molar-refractivity contribution < 1.29 is 23.1 Å². The van der Waals surface area contributed by atoms with Crippen molar-refractivity contribution in [3.8, 4) is 5.75 Å². The standard InChI is InChI=1S/C16H15F2N3O3/c1-19-16(23)21-12-6-4-11(5-7-12)20-14(22)10-2-8-13(9-3-10)24-15(17)18/h2-9,15H,1H3,(H,20,22)(H2,19,21,23). The van der Waals surface area contributed by atoms with Gasteiger partial charge in [0, 0.05) is 24.0 Å². The van der Waals surface area contributed by atoms with Crippen LogP contribution in [-0.2, 0) is 0 Å². The first kappa shape index (κ1) is 17.2. The molecule has 0 saturated carbocycles. The molecule has 3 N–H and O–H groups in total. The number of urea groups is 1. The largest absolute Gasteiger partial charge is 0.435 e. The van der Waals surface area contributed by atoms with Crippen LogP contribution in [0.3, 0.4) is 0 Å². The third-order valence-electron chi connectivity index (χ3n) is 2.97. The molecule has 2 rings (SSSR count). The second-order valence-electron chi connectivity index (χ2n) is 4.64. The van der Waals surface area contributed by atoms with Crippen LogP contribution in [-0.4, -0.2) is 25.6 Å². The topological polar surface area (TPSA) is 79.5 Å². The molecule has 0 aliphatic carbocycles. The SMILES string of the molecule is CNC(=O)Nc1ccc(NC(=O)c2ccc(OC(F)F)cc2)cc1. The van der Waals surface area contributed by atoms with E-state index in [0.29, 0.717) is 16.9 Å². The molecule has 0 saturated heterocycles. The maximum Gasteiger partial charge on any atom is 0.387 e. The summed E-state index contributed by atoms with van der Waals surface area (Å²) in [5.74, 6) is -0.420. The van der Waals surface area contributed by atoms with Crippen LogP contribution in [0.1, 0.15) is 10.4 Å². The van der Waals surface area contributed by atoms with Crippen molar-refractivity contribution in [2.75, 3.05) is 17.7 Å². The zero-order valence-corrected chi connectivity index (χ0v) is 12.7. The van der Waals surface area contributed by atoms with Gasteiger partial charge in [-0.2, -0.15) is 8.78 Å². The van der Waals surface area contributed by atoms with Crippen molar-refractivity contribution >= 4 is 23.3 Å². The summed E-state index contributed by atoms with van der Waals surface area (Å²) in [5, 5.41) is 7.67. The number of rotatable bonds is 5. The van der Waals surface area contributed by atoms with Crippen LogP contribution < -0.4 is 20.7 Å². The summed E-state index contributed by atoms with van der Waals surface area (Å²) < 4.78 is 28.4. The Labute approximate surface area is 136 Å². The highest BCUT2D eigenvalue weighted by Gasteiger charge is 2.08. The number of amides is 3. The molecule has 6 nitrogen and oxygen atoms in total. The molecule has 0 fully saturated rings. The van der Waals surface area contributed by atoms with Gasteiger partial charge in [0.15, 0.2) is 0 Å². The van der Waals surface area contributed by atoms with Gasteiger partial charge in [-0.15, -0.1) is 0 Å². The number of benzene rings is 2. The molecule has 0 radical (unpaired) electrons. The Balaban J connectivity index is 1.97. The lowest BCUT2D eigenvalue weighted by Gasteiger charge is -2.08. The summed E-state index contributed by atoms with van der Waals surface area (Å²) >= 11 is 0. The zero-order valence-electron chi connectivity index (χ0n) is 12.7. The van der Waals surface area contributed by atoms with Crippen LogP contribution in [0.25, 0.3) is 0 Å². The molecule has 0 spiro atoms. The fourth-order valence-corrected chi connectivity index (χ4v) is 1.82. The summed E-state index contributed by atoms with van der Waals surface area (Å²) in [4.78, 5) is 23.3. The van der Waals surface area contributed by atoms with Crippen LogP contribution in [0, 0.1) is 0 Å². The van der Waals surface area contributed by atoms with Crippen LogP contribution >= 0.6 is 0 Å². The van der Waals surface area contributed by atoms with Gasteiger partial charge in [0.25, 0.3) is 5.91 Å².